The van der Waals surface area contributed by atoms with Crippen LogP contribution >= 0.6 is 0 Å². The molecule has 1 saturated heterocycles. The Morgan fingerprint density at radius 2 is 1.77 bits per heavy atom. The van der Waals surface area contributed by atoms with Gasteiger partial charge in [-0.2, -0.15) is 0 Å². The van der Waals surface area contributed by atoms with Crippen molar-refractivity contribution in [2.75, 3.05) is 0 Å². The van der Waals surface area contributed by atoms with Gasteiger partial charge in [-0.15, -0.1) is 0 Å². The number of carbonyl (C=O) groups excluding carboxylic acids is 1. The van der Waals surface area contributed by atoms with Crippen LogP contribution in [0.1, 0.15) is 13.8 Å². The zero-order valence-electron chi connectivity index (χ0n) is 7.54. The second-order valence-corrected chi connectivity index (χ2v) is 3.49. The molecule has 0 aromatic carbocycles. The minimum Gasteiger partial charge on any atom is -0.387 e. The fraction of sp³-hybridized carbons (Fsp3) is 0.875. The molecule has 5 nitrogen and oxygen atoms in total. The Morgan fingerprint density at radius 3 is 2.08 bits per heavy atom. The molecule has 1 aliphatic heterocycles. The average molecular weight is 190 g/mol. The van der Waals surface area contributed by atoms with Gasteiger partial charge in [0, 0.05) is 5.92 Å². The van der Waals surface area contributed by atoms with Gasteiger partial charge >= 0.3 is 0 Å². The van der Waals surface area contributed by atoms with Crippen LogP contribution in [0.25, 0.3) is 0 Å². The highest BCUT2D eigenvalue weighted by molar-refractivity contribution is 5.85. The molecule has 76 valence electrons. The van der Waals surface area contributed by atoms with Gasteiger partial charge in [0.2, 0.25) is 0 Å². The third kappa shape index (κ3) is 1.88. The monoisotopic (exact) mass is 190 g/mol. The highest BCUT2D eigenvalue weighted by Crippen LogP contribution is 2.22. The minimum absolute atomic E-state index is 0.294. The Morgan fingerprint density at radius 1 is 1.23 bits per heavy atom. The number of hydrogen-bond donors (Lipinski definition) is 3. The number of carbonyl (C=O) groups is 1. The van der Waals surface area contributed by atoms with Crippen molar-refractivity contribution in [2.45, 2.75) is 38.4 Å². The smallest absolute Gasteiger partial charge is 0.184 e. The topological polar surface area (TPSA) is 87.0 Å². The second-order valence-electron chi connectivity index (χ2n) is 3.49. The van der Waals surface area contributed by atoms with Crippen LogP contribution in [0.5, 0.6) is 0 Å². The lowest BCUT2D eigenvalue weighted by Crippen LogP contribution is -2.38. The summed E-state index contributed by atoms with van der Waals surface area (Å²) in [5.41, 5.74) is 0. The second kappa shape index (κ2) is 3.71. The first kappa shape index (κ1) is 10.6. The van der Waals surface area contributed by atoms with Crippen molar-refractivity contribution >= 4 is 5.78 Å². The molecule has 0 bridgehead atoms. The first-order valence-corrected chi connectivity index (χ1v) is 4.18. The Bertz CT molecular complexity index is 203. The molecule has 0 aromatic heterocycles. The van der Waals surface area contributed by atoms with E-state index in [1.54, 1.807) is 13.8 Å². The van der Waals surface area contributed by atoms with Gasteiger partial charge in [-0.25, -0.2) is 0 Å². The third-order valence-corrected chi connectivity index (χ3v) is 2.09. The van der Waals surface area contributed by atoms with E-state index >= 15 is 0 Å². The van der Waals surface area contributed by atoms with Gasteiger partial charge < -0.3 is 20.1 Å². The highest BCUT2D eigenvalue weighted by Gasteiger charge is 2.45. The van der Waals surface area contributed by atoms with Gasteiger partial charge in [0.25, 0.3) is 0 Å². The van der Waals surface area contributed by atoms with Crippen LogP contribution < -0.4 is 0 Å². The first-order chi connectivity index (χ1) is 5.95. The maximum Gasteiger partial charge on any atom is 0.184 e. The van der Waals surface area contributed by atoms with Crippen LogP contribution in [0.3, 0.4) is 0 Å². The number of hydrogen-bond acceptors (Lipinski definition) is 5. The summed E-state index contributed by atoms with van der Waals surface area (Å²) in [5, 5.41) is 27.4. The lowest BCUT2D eigenvalue weighted by molar-refractivity contribution is -0.151. The van der Waals surface area contributed by atoms with Gasteiger partial charge in [0.15, 0.2) is 12.1 Å². The maximum absolute atomic E-state index is 11.3. The Labute approximate surface area is 75.9 Å². The molecule has 0 aliphatic carbocycles. The van der Waals surface area contributed by atoms with Crippen LogP contribution in [0.4, 0.5) is 0 Å². The van der Waals surface area contributed by atoms with Gasteiger partial charge in [0.05, 0.1) is 0 Å². The van der Waals surface area contributed by atoms with Crippen LogP contribution in [0.15, 0.2) is 0 Å². The van der Waals surface area contributed by atoms with E-state index in [1.165, 1.54) is 0 Å². The predicted octanol–water partition coefficient (Wildman–Crippen LogP) is -1.35. The standard InChI is InChI=1S/C8H14O5/c1-3(2)4(9)7-5(10)6(11)8(12)13-7/h3,5-8,10-12H,1-2H3/t5-,6-,7-,8+/m1/s1. The summed E-state index contributed by atoms with van der Waals surface area (Å²) in [4.78, 5) is 11.3. The largest absolute Gasteiger partial charge is 0.387 e. The molecule has 0 amide bonds. The fourth-order valence-electron chi connectivity index (χ4n) is 1.22. The van der Waals surface area contributed by atoms with Gasteiger partial charge in [-0.3, -0.25) is 4.79 Å². The fourth-order valence-corrected chi connectivity index (χ4v) is 1.22. The highest BCUT2D eigenvalue weighted by atomic mass is 16.6. The average Bonchev–Trinajstić information content (AvgIpc) is 2.31. The molecule has 0 saturated carbocycles. The Kier molecular flexibility index (Phi) is 3.02. The van der Waals surface area contributed by atoms with Gasteiger partial charge in [-0.1, -0.05) is 13.8 Å². The summed E-state index contributed by atoms with van der Waals surface area (Å²) >= 11 is 0. The molecular weight excluding hydrogens is 176 g/mol. The summed E-state index contributed by atoms with van der Waals surface area (Å²) in [6.45, 7) is 3.32. The lowest BCUT2D eigenvalue weighted by atomic mass is 9.99. The van der Waals surface area contributed by atoms with Crippen LogP contribution in [0.2, 0.25) is 0 Å². The molecule has 0 spiro atoms. The van der Waals surface area contributed by atoms with E-state index in [-0.39, 0.29) is 11.7 Å². The normalized spacial score (nSPS) is 39.8. The quantitative estimate of drug-likeness (QED) is 0.501. The zero-order chi connectivity index (χ0) is 10.2. The first-order valence-electron chi connectivity index (χ1n) is 4.18. The molecule has 0 aromatic rings. The SMILES string of the molecule is CC(C)C(=O)[C@H]1O[C@H](O)[C@H](O)[C@H]1O. The number of ketones is 1. The van der Waals surface area contributed by atoms with E-state index < -0.39 is 24.6 Å². The molecule has 1 aliphatic rings. The summed E-state index contributed by atoms with van der Waals surface area (Å²) < 4.78 is 4.71. The number of ether oxygens (including phenoxy) is 1. The molecule has 3 N–H and O–H groups in total. The summed E-state index contributed by atoms with van der Waals surface area (Å²) in [5.74, 6) is -0.611. The molecule has 0 unspecified atom stereocenters. The molecular formula is C8H14O5. The number of aliphatic hydroxyl groups is 3. The molecule has 5 heteroatoms. The molecule has 4 atom stereocenters. The number of Topliss-reactive ketones (excluding diaryl/α,β-unsaturated/α-hetero) is 1. The van der Waals surface area contributed by atoms with E-state index in [0.29, 0.717) is 0 Å². The molecule has 0 radical (unpaired) electrons. The zero-order valence-corrected chi connectivity index (χ0v) is 7.54. The van der Waals surface area contributed by atoms with Crippen molar-refractivity contribution in [3.8, 4) is 0 Å². The van der Waals surface area contributed by atoms with E-state index in [9.17, 15) is 9.90 Å². The van der Waals surface area contributed by atoms with Gasteiger partial charge in [-0.05, 0) is 0 Å². The number of rotatable bonds is 2. The van der Waals surface area contributed by atoms with Gasteiger partial charge in [0.1, 0.15) is 18.3 Å². The Hall–Kier alpha value is -0.490. The van der Waals surface area contributed by atoms with E-state index in [0.717, 1.165) is 0 Å². The third-order valence-electron chi connectivity index (χ3n) is 2.09. The van der Waals surface area contributed by atoms with Crippen molar-refractivity contribution in [3.63, 3.8) is 0 Å². The van der Waals surface area contributed by atoms with Crippen molar-refractivity contribution in [1.29, 1.82) is 0 Å². The summed E-state index contributed by atoms with van der Waals surface area (Å²) in [6, 6.07) is 0. The molecule has 1 heterocycles. The maximum atomic E-state index is 11.3. The van der Waals surface area contributed by atoms with Crippen LogP contribution in [0, 0.1) is 5.92 Å². The van der Waals surface area contributed by atoms with Crippen LogP contribution in [-0.2, 0) is 9.53 Å². The minimum atomic E-state index is -1.47. The van der Waals surface area contributed by atoms with Crippen molar-refractivity contribution in [1.82, 2.24) is 0 Å². The van der Waals surface area contributed by atoms with E-state index in [2.05, 4.69) is 0 Å². The van der Waals surface area contributed by atoms with Crippen molar-refractivity contribution < 1.29 is 24.9 Å². The lowest BCUT2D eigenvalue weighted by Gasteiger charge is -2.14. The van der Waals surface area contributed by atoms with Crippen molar-refractivity contribution in [2.24, 2.45) is 5.92 Å². The Balaban J connectivity index is 2.68. The van der Waals surface area contributed by atoms with Crippen LogP contribution in [-0.4, -0.2) is 45.7 Å². The molecule has 1 fully saturated rings. The molecule has 13 heavy (non-hydrogen) atoms. The summed E-state index contributed by atoms with van der Waals surface area (Å²) in [6.07, 6.45) is -5.30. The summed E-state index contributed by atoms with van der Waals surface area (Å²) in [7, 11) is 0. The number of aliphatic hydroxyl groups excluding tert-OH is 3. The molecule has 1 rings (SSSR count). The predicted molar refractivity (Wildman–Crippen MR) is 42.7 cm³/mol. The van der Waals surface area contributed by atoms with Crippen molar-refractivity contribution in [3.05, 3.63) is 0 Å². The van der Waals surface area contributed by atoms with E-state index in [4.69, 9.17) is 14.9 Å². The van der Waals surface area contributed by atoms with E-state index in [1.807, 2.05) is 0 Å².